The molecule has 0 heterocycles. The van der Waals surface area contributed by atoms with Crippen LogP contribution in [0.2, 0.25) is 5.02 Å². The molecule has 0 amide bonds. The van der Waals surface area contributed by atoms with Gasteiger partial charge in [-0.25, -0.2) is 4.79 Å². The lowest BCUT2D eigenvalue weighted by molar-refractivity contribution is 0.0697. The van der Waals surface area contributed by atoms with Crippen molar-refractivity contribution in [2.24, 2.45) is 0 Å². The Morgan fingerprint density at radius 1 is 1.44 bits per heavy atom. The van der Waals surface area contributed by atoms with E-state index in [-0.39, 0.29) is 12.2 Å². The third-order valence-electron chi connectivity index (χ3n) is 1.52. The molecule has 0 radical (unpaired) electrons. The Bertz CT molecular complexity index is 416. The molecule has 1 aromatic carbocycles. The van der Waals surface area contributed by atoms with E-state index in [1.165, 1.54) is 18.2 Å². The molecule has 0 aliphatic carbocycles. The third-order valence-corrected chi connectivity index (χ3v) is 1.85. The zero-order valence-electron chi connectivity index (χ0n) is 9.12. The first kappa shape index (κ1) is 14.5. The number of halogens is 1. The molecule has 0 aliphatic heterocycles. The van der Waals surface area contributed by atoms with Gasteiger partial charge in [0.15, 0.2) is 0 Å². The molecule has 0 bridgehead atoms. The maximum atomic E-state index is 10.6. The number of aliphatic hydroxyl groups excluding tert-OH is 1. The van der Waals surface area contributed by atoms with E-state index in [0.29, 0.717) is 10.6 Å². The smallest absolute Gasteiger partial charge is 0.335 e. The van der Waals surface area contributed by atoms with Crippen LogP contribution in [0.15, 0.2) is 18.2 Å². The minimum atomic E-state index is -1.03. The van der Waals surface area contributed by atoms with E-state index in [2.05, 4.69) is 11.8 Å². The molecule has 3 nitrogen and oxygen atoms in total. The Labute approximate surface area is 99.7 Å². The van der Waals surface area contributed by atoms with Crippen molar-refractivity contribution < 1.29 is 15.0 Å². The van der Waals surface area contributed by atoms with Crippen molar-refractivity contribution in [2.75, 3.05) is 6.61 Å². The molecule has 1 rings (SSSR count). The second-order valence-corrected chi connectivity index (χ2v) is 2.87. The summed E-state index contributed by atoms with van der Waals surface area (Å²) >= 11 is 5.76. The molecule has 0 aromatic heterocycles. The second-order valence-electron chi connectivity index (χ2n) is 2.46. The number of benzene rings is 1. The lowest BCUT2D eigenvalue weighted by Crippen LogP contribution is -1.96. The van der Waals surface area contributed by atoms with Gasteiger partial charge < -0.3 is 10.2 Å². The SMILES string of the molecule is CC.O=C(O)c1ccc(Cl)c(C#CCO)c1. The summed E-state index contributed by atoms with van der Waals surface area (Å²) in [6, 6.07) is 4.23. The van der Waals surface area contributed by atoms with Gasteiger partial charge in [-0.3, -0.25) is 0 Å². The topological polar surface area (TPSA) is 57.5 Å². The molecule has 0 fully saturated rings. The molecule has 86 valence electrons. The van der Waals surface area contributed by atoms with Gasteiger partial charge in [0, 0.05) is 5.56 Å². The number of carbonyl (C=O) groups is 1. The van der Waals surface area contributed by atoms with Crippen LogP contribution in [-0.2, 0) is 0 Å². The van der Waals surface area contributed by atoms with Gasteiger partial charge in [-0.1, -0.05) is 37.3 Å². The lowest BCUT2D eigenvalue weighted by atomic mass is 10.1. The summed E-state index contributed by atoms with van der Waals surface area (Å²) in [4.78, 5) is 10.6. The molecular formula is C12H13ClO3. The molecule has 16 heavy (non-hydrogen) atoms. The lowest BCUT2D eigenvalue weighted by Gasteiger charge is -1.97. The minimum Gasteiger partial charge on any atom is -0.478 e. The van der Waals surface area contributed by atoms with Crippen LogP contribution in [0.3, 0.4) is 0 Å². The number of aliphatic hydroxyl groups is 1. The Hall–Kier alpha value is -1.50. The molecule has 0 spiro atoms. The maximum absolute atomic E-state index is 10.6. The Morgan fingerprint density at radius 3 is 2.56 bits per heavy atom. The Balaban J connectivity index is 0.00000106. The van der Waals surface area contributed by atoms with Gasteiger partial charge in [-0.05, 0) is 18.2 Å². The fourth-order valence-electron chi connectivity index (χ4n) is 0.889. The van der Waals surface area contributed by atoms with Crippen LogP contribution in [0.4, 0.5) is 0 Å². The number of rotatable bonds is 1. The predicted octanol–water partition coefficient (Wildman–Crippen LogP) is 2.41. The monoisotopic (exact) mass is 240 g/mol. The molecule has 0 saturated carbocycles. The van der Waals surface area contributed by atoms with Crippen molar-refractivity contribution in [3.63, 3.8) is 0 Å². The largest absolute Gasteiger partial charge is 0.478 e. The van der Waals surface area contributed by atoms with Crippen molar-refractivity contribution in [3.8, 4) is 11.8 Å². The zero-order valence-corrected chi connectivity index (χ0v) is 9.88. The minimum absolute atomic E-state index is 0.122. The van der Waals surface area contributed by atoms with Gasteiger partial charge in [-0.15, -0.1) is 0 Å². The highest BCUT2D eigenvalue weighted by Crippen LogP contribution is 2.16. The highest BCUT2D eigenvalue weighted by molar-refractivity contribution is 6.31. The van der Waals surface area contributed by atoms with E-state index in [4.69, 9.17) is 21.8 Å². The highest BCUT2D eigenvalue weighted by atomic mass is 35.5. The van der Waals surface area contributed by atoms with Crippen LogP contribution in [0.5, 0.6) is 0 Å². The van der Waals surface area contributed by atoms with Crippen molar-refractivity contribution in [1.82, 2.24) is 0 Å². The first-order valence-electron chi connectivity index (χ1n) is 4.77. The quantitative estimate of drug-likeness (QED) is 0.741. The summed E-state index contributed by atoms with van der Waals surface area (Å²) in [5, 5.41) is 17.5. The molecule has 0 unspecified atom stereocenters. The van der Waals surface area contributed by atoms with Crippen LogP contribution in [-0.4, -0.2) is 22.8 Å². The van der Waals surface area contributed by atoms with Gasteiger partial charge in [-0.2, -0.15) is 0 Å². The van der Waals surface area contributed by atoms with Crippen LogP contribution < -0.4 is 0 Å². The second kappa shape index (κ2) is 7.75. The van der Waals surface area contributed by atoms with Crippen molar-refractivity contribution >= 4 is 17.6 Å². The average Bonchev–Trinajstić information content (AvgIpc) is 2.30. The van der Waals surface area contributed by atoms with E-state index in [1.54, 1.807) is 0 Å². The summed E-state index contributed by atoms with van der Waals surface area (Å²) in [5.74, 6) is 3.93. The van der Waals surface area contributed by atoms with E-state index >= 15 is 0 Å². The fourth-order valence-corrected chi connectivity index (χ4v) is 1.05. The first-order valence-corrected chi connectivity index (χ1v) is 5.15. The van der Waals surface area contributed by atoms with Gasteiger partial charge in [0.1, 0.15) is 6.61 Å². The van der Waals surface area contributed by atoms with Crippen LogP contribution in [0.1, 0.15) is 29.8 Å². The number of hydrogen-bond acceptors (Lipinski definition) is 2. The standard InChI is InChI=1S/C10H7ClO3.C2H6/c11-9-4-3-8(10(13)14)6-7(9)2-1-5-12;1-2/h3-4,6,12H,5H2,(H,13,14);1-2H3. The van der Waals surface area contributed by atoms with Crippen molar-refractivity contribution in [1.29, 1.82) is 0 Å². The predicted molar refractivity (Wildman–Crippen MR) is 63.7 cm³/mol. The maximum Gasteiger partial charge on any atom is 0.335 e. The fraction of sp³-hybridized carbons (Fsp3) is 0.250. The van der Waals surface area contributed by atoms with E-state index in [1.807, 2.05) is 13.8 Å². The van der Waals surface area contributed by atoms with E-state index < -0.39 is 5.97 Å². The third kappa shape index (κ3) is 4.35. The van der Waals surface area contributed by atoms with Gasteiger partial charge in [0.2, 0.25) is 0 Å². The summed E-state index contributed by atoms with van der Waals surface area (Å²) in [7, 11) is 0. The molecule has 4 heteroatoms. The van der Waals surface area contributed by atoms with Crippen molar-refractivity contribution in [3.05, 3.63) is 34.3 Å². The molecule has 0 saturated heterocycles. The molecule has 1 aromatic rings. The molecule has 2 N–H and O–H groups in total. The summed E-state index contributed by atoms with van der Waals surface area (Å²) in [5.41, 5.74) is 0.525. The Morgan fingerprint density at radius 2 is 2.06 bits per heavy atom. The molecular weight excluding hydrogens is 228 g/mol. The van der Waals surface area contributed by atoms with Crippen molar-refractivity contribution in [2.45, 2.75) is 13.8 Å². The van der Waals surface area contributed by atoms with Crippen LogP contribution >= 0.6 is 11.6 Å². The summed E-state index contributed by atoms with van der Waals surface area (Å²) in [6.07, 6.45) is 0. The Kier molecular flexibility index (Phi) is 7.02. The summed E-state index contributed by atoms with van der Waals surface area (Å²) in [6.45, 7) is 3.72. The highest BCUT2D eigenvalue weighted by Gasteiger charge is 2.05. The summed E-state index contributed by atoms with van der Waals surface area (Å²) < 4.78 is 0. The average molecular weight is 241 g/mol. The van der Waals surface area contributed by atoms with Gasteiger partial charge >= 0.3 is 5.97 Å². The number of carboxylic acids is 1. The van der Waals surface area contributed by atoms with Crippen LogP contribution in [0.25, 0.3) is 0 Å². The van der Waals surface area contributed by atoms with Crippen LogP contribution in [0, 0.1) is 11.8 Å². The van der Waals surface area contributed by atoms with Gasteiger partial charge in [0.05, 0.1) is 10.6 Å². The van der Waals surface area contributed by atoms with E-state index in [9.17, 15) is 4.79 Å². The number of hydrogen-bond donors (Lipinski definition) is 2. The molecule has 0 atom stereocenters. The normalized spacial score (nSPS) is 8.25. The number of aromatic carboxylic acids is 1. The zero-order chi connectivity index (χ0) is 12.6. The molecule has 0 aliphatic rings. The first-order chi connectivity index (χ1) is 7.65. The van der Waals surface area contributed by atoms with Gasteiger partial charge in [0.25, 0.3) is 0 Å². The number of carboxylic acid groups (broad SMARTS) is 1. The van der Waals surface area contributed by atoms with E-state index in [0.717, 1.165) is 0 Å².